The number of dihydropyridines is 2. The van der Waals surface area contributed by atoms with Crippen LogP contribution in [0, 0.1) is 5.82 Å². The molecule has 1 saturated carbocycles. The maximum absolute atomic E-state index is 14.5. The van der Waals surface area contributed by atoms with Gasteiger partial charge in [0.2, 0.25) is 0 Å². The Balaban J connectivity index is 1.17. The lowest BCUT2D eigenvalue weighted by atomic mass is 9.98. The van der Waals surface area contributed by atoms with Gasteiger partial charge in [0.15, 0.2) is 11.5 Å². The predicted octanol–water partition coefficient (Wildman–Crippen LogP) is 1.93. The fourth-order valence-electron chi connectivity index (χ4n) is 4.27. The smallest absolute Gasteiger partial charge is 0.273 e. The molecular weight excluding hydrogens is 423 g/mol. The quantitative estimate of drug-likeness (QED) is 0.715. The van der Waals surface area contributed by atoms with Gasteiger partial charge in [-0.3, -0.25) is 19.5 Å². The maximum Gasteiger partial charge on any atom is 0.273 e. The Morgan fingerprint density at radius 2 is 2.03 bits per heavy atom. The van der Waals surface area contributed by atoms with Gasteiger partial charge in [-0.2, -0.15) is 0 Å². The summed E-state index contributed by atoms with van der Waals surface area (Å²) in [5.74, 6) is -1.20. The van der Waals surface area contributed by atoms with E-state index in [9.17, 15) is 14.0 Å². The second-order valence-corrected chi connectivity index (χ2v) is 8.86. The third-order valence-electron chi connectivity index (χ3n) is 6.38. The molecule has 1 aliphatic carbocycles. The van der Waals surface area contributed by atoms with Gasteiger partial charge in [0.1, 0.15) is 6.04 Å². The molecule has 4 aliphatic rings. The molecular formula is C24H27FN6O2. The van der Waals surface area contributed by atoms with Crippen LogP contribution in [0.2, 0.25) is 0 Å². The molecule has 2 fully saturated rings. The molecule has 33 heavy (non-hydrogen) atoms. The molecule has 1 aromatic heterocycles. The summed E-state index contributed by atoms with van der Waals surface area (Å²) < 4.78 is 14.5. The lowest BCUT2D eigenvalue weighted by molar-refractivity contribution is -0.114. The minimum Gasteiger partial charge on any atom is -0.368 e. The highest BCUT2D eigenvalue weighted by Gasteiger charge is 2.27. The highest BCUT2D eigenvalue weighted by atomic mass is 19.1. The van der Waals surface area contributed by atoms with Crippen molar-refractivity contribution in [2.75, 3.05) is 37.6 Å². The molecule has 5 rings (SSSR count). The van der Waals surface area contributed by atoms with Crippen LogP contribution in [0.4, 0.5) is 10.1 Å². The summed E-state index contributed by atoms with van der Waals surface area (Å²) in [6, 6.07) is 1.41. The van der Waals surface area contributed by atoms with Crippen LogP contribution in [0.15, 0.2) is 45.5 Å². The maximum atomic E-state index is 14.5. The number of anilines is 1. The van der Waals surface area contributed by atoms with Gasteiger partial charge >= 0.3 is 0 Å². The number of hydrogen-bond acceptors (Lipinski definition) is 6. The van der Waals surface area contributed by atoms with E-state index in [0.717, 1.165) is 50.2 Å². The molecule has 8 nitrogen and oxygen atoms in total. The number of aromatic nitrogens is 1. The standard InChI is InChI=1S/C24H27FN6O2/c1-2-16-10-20-21(29-23(16)32)9-15(12-26-20)14-30-5-7-31(8-6-30)18-11-19(25)22(27-13-18)24(33)28-17-3-4-17/h9-13,17,20H,2-8,14H2,1H3,(H,28,33). The third kappa shape index (κ3) is 4.78. The van der Waals surface area contributed by atoms with Gasteiger partial charge in [-0.15, -0.1) is 0 Å². The summed E-state index contributed by atoms with van der Waals surface area (Å²) in [6.07, 6.45) is 9.88. The van der Waals surface area contributed by atoms with E-state index in [0.29, 0.717) is 24.4 Å². The van der Waals surface area contributed by atoms with E-state index in [1.54, 1.807) is 6.20 Å². The number of amides is 2. The highest BCUT2D eigenvalue weighted by molar-refractivity contribution is 6.16. The van der Waals surface area contributed by atoms with Crippen molar-refractivity contribution in [2.24, 2.45) is 9.98 Å². The molecule has 0 bridgehead atoms. The largest absolute Gasteiger partial charge is 0.368 e. The zero-order valence-electron chi connectivity index (χ0n) is 18.6. The molecule has 3 aliphatic heterocycles. The zero-order chi connectivity index (χ0) is 22.9. The van der Waals surface area contributed by atoms with Crippen LogP contribution in [0.1, 0.15) is 36.7 Å². The monoisotopic (exact) mass is 450 g/mol. The van der Waals surface area contributed by atoms with E-state index in [2.05, 4.69) is 30.1 Å². The van der Waals surface area contributed by atoms with Crippen molar-refractivity contribution in [2.45, 2.75) is 38.3 Å². The molecule has 2 amide bonds. The number of nitrogens with zero attached hydrogens (tertiary/aromatic N) is 5. The molecule has 0 radical (unpaired) electrons. The number of carbonyl (C=O) groups excluding carboxylic acids is 2. The molecule has 1 saturated heterocycles. The van der Waals surface area contributed by atoms with Crippen LogP contribution in [-0.4, -0.2) is 78.4 Å². The number of piperazine rings is 1. The summed E-state index contributed by atoms with van der Waals surface area (Å²) >= 11 is 0. The van der Waals surface area contributed by atoms with Crippen molar-refractivity contribution in [3.63, 3.8) is 0 Å². The fourth-order valence-corrected chi connectivity index (χ4v) is 4.27. The van der Waals surface area contributed by atoms with Crippen LogP contribution >= 0.6 is 0 Å². The Morgan fingerprint density at radius 3 is 2.73 bits per heavy atom. The van der Waals surface area contributed by atoms with Crippen molar-refractivity contribution in [1.29, 1.82) is 0 Å². The van der Waals surface area contributed by atoms with E-state index in [-0.39, 0.29) is 23.7 Å². The predicted molar refractivity (Wildman–Crippen MR) is 125 cm³/mol. The molecule has 9 heteroatoms. The zero-order valence-corrected chi connectivity index (χ0v) is 18.6. The van der Waals surface area contributed by atoms with E-state index in [4.69, 9.17) is 0 Å². The Morgan fingerprint density at radius 1 is 1.24 bits per heavy atom. The molecule has 1 atom stereocenters. The van der Waals surface area contributed by atoms with Crippen LogP contribution < -0.4 is 10.2 Å². The number of aliphatic imine (C=N–C) groups is 2. The number of carbonyl (C=O) groups is 2. The highest BCUT2D eigenvalue weighted by Crippen LogP contribution is 2.23. The van der Waals surface area contributed by atoms with Gasteiger partial charge < -0.3 is 10.2 Å². The summed E-state index contributed by atoms with van der Waals surface area (Å²) in [6.45, 7) is 5.71. The number of pyridine rings is 1. The lowest BCUT2D eigenvalue weighted by Crippen LogP contribution is -2.47. The Hall–Kier alpha value is -3.20. The Kier molecular flexibility index (Phi) is 5.88. The van der Waals surface area contributed by atoms with Crippen LogP contribution in [0.3, 0.4) is 0 Å². The van der Waals surface area contributed by atoms with Gasteiger partial charge in [0.25, 0.3) is 11.8 Å². The first-order valence-electron chi connectivity index (χ1n) is 11.5. The van der Waals surface area contributed by atoms with Crippen LogP contribution in [0.25, 0.3) is 0 Å². The molecule has 0 aromatic carbocycles. The van der Waals surface area contributed by atoms with Gasteiger partial charge in [-0.25, -0.2) is 14.4 Å². The average Bonchev–Trinajstić information content (AvgIpc) is 3.63. The normalized spacial score (nSPS) is 23.0. The second kappa shape index (κ2) is 8.97. The number of halogens is 1. The Labute approximate surface area is 192 Å². The molecule has 172 valence electrons. The van der Waals surface area contributed by atoms with Crippen molar-refractivity contribution < 1.29 is 14.0 Å². The lowest BCUT2D eigenvalue weighted by Gasteiger charge is -2.36. The Bertz CT molecular complexity index is 1100. The fraction of sp³-hybridized carbons (Fsp3) is 0.458. The van der Waals surface area contributed by atoms with Gasteiger partial charge in [-0.1, -0.05) is 6.92 Å². The van der Waals surface area contributed by atoms with Crippen molar-refractivity contribution in [3.8, 4) is 0 Å². The SMILES string of the molecule is CCC1=CC2N=CC(CN3CCN(c4cnc(C(=O)NC5CC5)c(F)c4)CC3)=CC2=NC1=O. The first-order chi connectivity index (χ1) is 16.0. The summed E-state index contributed by atoms with van der Waals surface area (Å²) in [5, 5.41) is 2.77. The van der Waals surface area contributed by atoms with E-state index in [1.807, 2.05) is 25.3 Å². The molecule has 4 heterocycles. The van der Waals surface area contributed by atoms with E-state index >= 15 is 0 Å². The van der Waals surface area contributed by atoms with Crippen LogP contribution in [0.5, 0.6) is 0 Å². The molecule has 1 N–H and O–H groups in total. The number of rotatable bonds is 6. The minimum absolute atomic E-state index is 0.142. The molecule has 0 spiro atoms. The van der Waals surface area contributed by atoms with Gasteiger partial charge in [0.05, 0.1) is 17.6 Å². The minimum atomic E-state index is -0.589. The second-order valence-electron chi connectivity index (χ2n) is 8.86. The van der Waals surface area contributed by atoms with Crippen LogP contribution in [-0.2, 0) is 4.79 Å². The van der Waals surface area contributed by atoms with Gasteiger partial charge in [-0.05, 0) is 37.0 Å². The number of nitrogens with one attached hydrogen (secondary N) is 1. The number of hydrogen-bond donors (Lipinski definition) is 1. The van der Waals surface area contributed by atoms with Crippen molar-refractivity contribution in [1.82, 2.24) is 15.2 Å². The third-order valence-corrected chi connectivity index (χ3v) is 6.38. The number of fused-ring (bicyclic) bond motifs is 1. The first-order valence-corrected chi connectivity index (χ1v) is 11.5. The van der Waals surface area contributed by atoms with Gasteiger partial charge in [0, 0.05) is 56.6 Å². The van der Waals surface area contributed by atoms with E-state index < -0.39 is 11.7 Å². The van der Waals surface area contributed by atoms with Crippen molar-refractivity contribution >= 4 is 29.4 Å². The summed E-state index contributed by atoms with van der Waals surface area (Å²) in [7, 11) is 0. The average molecular weight is 451 g/mol. The molecule has 1 aromatic rings. The summed E-state index contributed by atoms with van der Waals surface area (Å²) in [5.41, 5.74) is 3.00. The first kappa shape index (κ1) is 21.6. The van der Waals surface area contributed by atoms with E-state index in [1.165, 1.54) is 6.07 Å². The summed E-state index contributed by atoms with van der Waals surface area (Å²) in [4.78, 5) is 41.4. The van der Waals surface area contributed by atoms with Crippen molar-refractivity contribution in [3.05, 3.63) is 47.1 Å². The molecule has 1 unspecified atom stereocenters. The topological polar surface area (TPSA) is 90.3 Å².